The first-order valence-corrected chi connectivity index (χ1v) is 6.29. The second-order valence-electron chi connectivity index (χ2n) is 4.41. The van der Waals surface area contributed by atoms with Crippen LogP contribution in [0.4, 0.5) is 5.69 Å². The molecule has 2 aromatic carbocycles. The molecule has 0 aliphatic heterocycles. The van der Waals surface area contributed by atoms with Gasteiger partial charge in [-0.05, 0) is 35.9 Å². The molecule has 0 saturated carbocycles. The molecule has 4 heteroatoms. The van der Waals surface area contributed by atoms with Crippen LogP contribution in [0.3, 0.4) is 0 Å². The molecule has 3 nitrogen and oxygen atoms in total. The highest BCUT2D eigenvalue weighted by molar-refractivity contribution is 6.30. The molecule has 98 valence electrons. The van der Waals surface area contributed by atoms with Gasteiger partial charge < -0.3 is 10.6 Å². The Morgan fingerprint density at radius 2 is 1.89 bits per heavy atom. The van der Waals surface area contributed by atoms with Crippen LogP contribution >= 0.6 is 11.6 Å². The number of carbonyl (C=O) groups excluding carboxylic acids is 1. The lowest BCUT2D eigenvalue weighted by atomic mass is 10.1. The van der Waals surface area contributed by atoms with Gasteiger partial charge in [-0.1, -0.05) is 29.8 Å². The Morgan fingerprint density at radius 3 is 2.53 bits per heavy atom. The van der Waals surface area contributed by atoms with Crippen molar-refractivity contribution >= 4 is 23.2 Å². The monoisotopic (exact) mass is 274 g/mol. The van der Waals surface area contributed by atoms with Crippen molar-refractivity contribution in [3.63, 3.8) is 0 Å². The van der Waals surface area contributed by atoms with Crippen LogP contribution in [0.25, 0.3) is 0 Å². The molecule has 0 aliphatic carbocycles. The molecule has 0 unspecified atom stereocenters. The fourth-order valence-electron chi connectivity index (χ4n) is 1.81. The van der Waals surface area contributed by atoms with E-state index in [0.29, 0.717) is 22.8 Å². The van der Waals surface area contributed by atoms with Crippen molar-refractivity contribution in [3.05, 3.63) is 64.7 Å². The van der Waals surface area contributed by atoms with Gasteiger partial charge in [0.25, 0.3) is 5.91 Å². The van der Waals surface area contributed by atoms with Crippen molar-refractivity contribution in [2.75, 3.05) is 12.8 Å². The lowest BCUT2D eigenvalue weighted by molar-refractivity contribution is 0.0785. The SMILES string of the molecule is CN(Cc1ccc(N)cc1)C(=O)c1cccc(Cl)c1. The Bertz CT molecular complexity index is 581. The Balaban J connectivity index is 2.09. The molecular weight excluding hydrogens is 260 g/mol. The van der Waals surface area contributed by atoms with Gasteiger partial charge in [0.2, 0.25) is 0 Å². The van der Waals surface area contributed by atoms with Crippen molar-refractivity contribution in [1.29, 1.82) is 0 Å². The number of rotatable bonds is 3. The van der Waals surface area contributed by atoms with Crippen LogP contribution in [-0.2, 0) is 6.54 Å². The summed E-state index contributed by atoms with van der Waals surface area (Å²) < 4.78 is 0. The van der Waals surface area contributed by atoms with Crippen LogP contribution in [0.15, 0.2) is 48.5 Å². The van der Waals surface area contributed by atoms with E-state index >= 15 is 0 Å². The van der Waals surface area contributed by atoms with E-state index in [1.165, 1.54) is 0 Å². The predicted octanol–water partition coefficient (Wildman–Crippen LogP) is 3.19. The number of carbonyl (C=O) groups is 1. The van der Waals surface area contributed by atoms with Crippen LogP contribution < -0.4 is 5.73 Å². The first kappa shape index (κ1) is 13.4. The zero-order valence-corrected chi connectivity index (χ0v) is 11.4. The molecule has 2 N–H and O–H groups in total. The van der Waals surface area contributed by atoms with Crippen LogP contribution in [0.1, 0.15) is 15.9 Å². The van der Waals surface area contributed by atoms with E-state index in [0.717, 1.165) is 5.56 Å². The summed E-state index contributed by atoms with van der Waals surface area (Å²) in [6.07, 6.45) is 0. The van der Waals surface area contributed by atoms with Gasteiger partial charge in [0.05, 0.1) is 0 Å². The fraction of sp³-hybridized carbons (Fsp3) is 0.133. The number of halogens is 1. The molecule has 0 saturated heterocycles. The summed E-state index contributed by atoms with van der Waals surface area (Å²) in [5.41, 5.74) is 7.97. The zero-order chi connectivity index (χ0) is 13.8. The number of nitrogens with zero attached hydrogens (tertiary/aromatic N) is 1. The molecule has 0 heterocycles. The van der Waals surface area contributed by atoms with Crippen molar-refractivity contribution in [1.82, 2.24) is 4.90 Å². The van der Waals surface area contributed by atoms with Crippen LogP contribution in [0.5, 0.6) is 0 Å². The van der Waals surface area contributed by atoms with Crippen LogP contribution in [0.2, 0.25) is 5.02 Å². The topological polar surface area (TPSA) is 46.3 Å². The van der Waals surface area contributed by atoms with E-state index in [9.17, 15) is 4.79 Å². The minimum atomic E-state index is -0.0562. The number of nitrogen functional groups attached to an aromatic ring is 1. The third kappa shape index (κ3) is 3.48. The third-order valence-electron chi connectivity index (χ3n) is 2.82. The highest BCUT2D eigenvalue weighted by atomic mass is 35.5. The molecule has 0 aliphatic rings. The molecular formula is C15H15ClN2O. The van der Waals surface area contributed by atoms with Gasteiger partial charge in [-0.2, -0.15) is 0 Å². The maximum absolute atomic E-state index is 12.2. The molecule has 2 rings (SSSR count). The summed E-state index contributed by atoms with van der Waals surface area (Å²) in [7, 11) is 1.76. The lowest BCUT2D eigenvalue weighted by Crippen LogP contribution is -2.26. The molecule has 2 aromatic rings. The molecule has 0 spiro atoms. The van der Waals surface area contributed by atoms with Gasteiger partial charge in [-0.3, -0.25) is 4.79 Å². The average Bonchev–Trinajstić information content (AvgIpc) is 2.40. The first-order valence-electron chi connectivity index (χ1n) is 5.92. The molecule has 0 bridgehead atoms. The largest absolute Gasteiger partial charge is 0.399 e. The summed E-state index contributed by atoms with van der Waals surface area (Å²) in [6, 6.07) is 14.4. The van der Waals surface area contributed by atoms with Crippen molar-refractivity contribution in [2.45, 2.75) is 6.54 Å². The first-order chi connectivity index (χ1) is 9.06. The summed E-state index contributed by atoms with van der Waals surface area (Å²) in [6.45, 7) is 0.533. The number of benzene rings is 2. The highest BCUT2D eigenvalue weighted by Gasteiger charge is 2.12. The fourth-order valence-corrected chi connectivity index (χ4v) is 2.00. The zero-order valence-electron chi connectivity index (χ0n) is 10.6. The average molecular weight is 275 g/mol. The van der Waals surface area contributed by atoms with E-state index in [-0.39, 0.29) is 5.91 Å². The summed E-state index contributed by atoms with van der Waals surface area (Å²) in [4.78, 5) is 13.9. The summed E-state index contributed by atoms with van der Waals surface area (Å²) in [5, 5.41) is 0.562. The maximum Gasteiger partial charge on any atom is 0.253 e. The molecule has 0 radical (unpaired) electrons. The van der Waals surface area contributed by atoms with Gasteiger partial charge in [0, 0.05) is 29.9 Å². The molecule has 0 aromatic heterocycles. The standard InChI is InChI=1S/C15H15ClN2O/c1-18(10-11-5-7-14(17)8-6-11)15(19)12-3-2-4-13(16)9-12/h2-9H,10,17H2,1H3. The van der Waals surface area contributed by atoms with Gasteiger partial charge >= 0.3 is 0 Å². The summed E-state index contributed by atoms with van der Waals surface area (Å²) >= 11 is 5.89. The van der Waals surface area contributed by atoms with Crippen LogP contribution in [0, 0.1) is 0 Å². The number of amides is 1. The smallest absolute Gasteiger partial charge is 0.253 e. The van der Waals surface area contributed by atoms with Gasteiger partial charge in [0.15, 0.2) is 0 Å². The Labute approximate surface area is 117 Å². The Kier molecular flexibility index (Phi) is 4.07. The Morgan fingerprint density at radius 1 is 1.21 bits per heavy atom. The number of nitrogens with two attached hydrogens (primary N) is 1. The molecule has 1 amide bonds. The third-order valence-corrected chi connectivity index (χ3v) is 3.05. The maximum atomic E-state index is 12.2. The quantitative estimate of drug-likeness (QED) is 0.874. The summed E-state index contributed by atoms with van der Waals surface area (Å²) in [5.74, 6) is -0.0562. The predicted molar refractivity (Wildman–Crippen MR) is 78.1 cm³/mol. The van der Waals surface area contributed by atoms with E-state index in [1.807, 2.05) is 24.3 Å². The number of hydrogen-bond donors (Lipinski definition) is 1. The van der Waals surface area contributed by atoms with E-state index in [4.69, 9.17) is 17.3 Å². The minimum Gasteiger partial charge on any atom is -0.399 e. The van der Waals surface area contributed by atoms with Crippen molar-refractivity contribution in [3.8, 4) is 0 Å². The number of hydrogen-bond acceptors (Lipinski definition) is 2. The second kappa shape index (κ2) is 5.76. The van der Waals surface area contributed by atoms with Gasteiger partial charge in [-0.15, -0.1) is 0 Å². The molecule has 19 heavy (non-hydrogen) atoms. The van der Waals surface area contributed by atoms with Gasteiger partial charge in [0.1, 0.15) is 0 Å². The normalized spacial score (nSPS) is 10.2. The van der Waals surface area contributed by atoms with E-state index in [2.05, 4.69) is 0 Å². The van der Waals surface area contributed by atoms with Crippen LogP contribution in [-0.4, -0.2) is 17.9 Å². The number of anilines is 1. The lowest BCUT2D eigenvalue weighted by Gasteiger charge is -2.17. The van der Waals surface area contributed by atoms with Crippen molar-refractivity contribution < 1.29 is 4.79 Å². The highest BCUT2D eigenvalue weighted by Crippen LogP contribution is 2.14. The van der Waals surface area contributed by atoms with Gasteiger partial charge in [-0.25, -0.2) is 0 Å². The van der Waals surface area contributed by atoms with Crippen molar-refractivity contribution in [2.24, 2.45) is 0 Å². The minimum absolute atomic E-state index is 0.0562. The second-order valence-corrected chi connectivity index (χ2v) is 4.85. The van der Waals surface area contributed by atoms with E-state index < -0.39 is 0 Å². The van der Waals surface area contributed by atoms with E-state index in [1.54, 1.807) is 36.2 Å². The molecule has 0 atom stereocenters. The Hall–Kier alpha value is -2.00. The molecule has 0 fully saturated rings.